The third kappa shape index (κ3) is 2.89. The van der Waals surface area contributed by atoms with E-state index in [-0.39, 0.29) is 17.0 Å². The van der Waals surface area contributed by atoms with Crippen molar-refractivity contribution in [1.29, 1.82) is 0 Å². The predicted molar refractivity (Wildman–Crippen MR) is 58.1 cm³/mol. The Labute approximate surface area is 93.2 Å². The summed E-state index contributed by atoms with van der Waals surface area (Å²) in [5, 5.41) is -0.0619. The number of hydrogen-bond acceptors (Lipinski definition) is 1. The first-order valence-corrected chi connectivity index (χ1v) is 5.02. The third-order valence-corrected chi connectivity index (χ3v) is 2.34. The SMILES string of the molecule is Cc1cc(Cl)c(F)c(CC(C)(C)N)c1F. The number of benzene rings is 1. The van der Waals surface area contributed by atoms with Crippen molar-refractivity contribution in [2.75, 3.05) is 0 Å². The largest absolute Gasteiger partial charge is 0.325 e. The van der Waals surface area contributed by atoms with Gasteiger partial charge in [0.2, 0.25) is 0 Å². The minimum Gasteiger partial charge on any atom is -0.325 e. The number of hydrogen-bond donors (Lipinski definition) is 1. The fourth-order valence-electron chi connectivity index (χ4n) is 1.41. The fraction of sp³-hybridized carbons (Fsp3) is 0.455. The molecule has 0 fully saturated rings. The molecule has 15 heavy (non-hydrogen) atoms. The van der Waals surface area contributed by atoms with E-state index >= 15 is 0 Å². The second-order valence-electron chi connectivity index (χ2n) is 4.45. The maximum absolute atomic E-state index is 13.6. The van der Waals surface area contributed by atoms with Gasteiger partial charge >= 0.3 is 0 Å². The normalized spacial score (nSPS) is 11.9. The highest BCUT2D eigenvalue weighted by Crippen LogP contribution is 2.26. The highest BCUT2D eigenvalue weighted by molar-refractivity contribution is 6.30. The maximum Gasteiger partial charge on any atom is 0.147 e. The predicted octanol–water partition coefficient (Wildman–Crippen LogP) is 3.21. The van der Waals surface area contributed by atoms with Crippen LogP contribution in [-0.4, -0.2) is 5.54 Å². The molecule has 0 aliphatic rings. The van der Waals surface area contributed by atoms with Gasteiger partial charge in [-0.25, -0.2) is 8.78 Å². The van der Waals surface area contributed by atoms with Crippen molar-refractivity contribution < 1.29 is 8.78 Å². The van der Waals surface area contributed by atoms with Crippen molar-refractivity contribution in [3.8, 4) is 0 Å². The molecule has 84 valence electrons. The Balaban J connectivity index is 3.27. The van der Waals surface area contributed by atoms with Crippen LogP contribution in [-0.2, 0) is 6.42 Å². The summed E-state index contributed by atoms with van der Waals surface area (Å²) in [5.41, 5.74) is 5.36. The number of rotatable bonds is 2. The van der Waals surface area contributed by atoms with Crippen LogP contribution in [0, 0.1) is 18.6 Å². The molecule has 0 bridgehead atoms. The van der Waals surface area contributed by atoms with Crippen molar-refractivity contribution in [2.45, 2.75) is 32.7 Å². The molecule has 1 aromatic rings. The Morgan fingerprint density at radius 1 is 1.33 bits per heavy atom. The lowest BCUT2D eigenvalue weighted by atomic mass is 9.94. The van der Waals surface area contributed by atoms with E-state index in [2.05, 4.69) is 0 Å². The molecule has 4 heteroatoms. The molecule has 0 saturated carbocycles. The van der Waals surface area contributed by atoms with Gasteiger partial charge in [-0.2, -0.15) is 0 Å². The van der Waals surface area contributed by atoms with Crippen molar-refractivity contribution >= 4 is 11.6 Å². The second-order valence-corrected chi connectivity index (χ2v) is 4.85. The highest BCUT2D eigenvalue weighted by Gasteiger charge is 2.21. The van der Waals surface area contributed by atoms with E-state index in [0.29, 0.717) is 5.56 Å². The van der Waals surface area contributed by atoms with Gasteiger partial charge in [-0.1, -0.05) is 11.6 Å². The third-order valence-electron chi connectivity index (χ3n) is 2.06. The van der Waals surface area contributed by atoms with Gasteiger partial charge in [-0.05, 0) is 38.8 Å². The first-order chi connectivity index (χ1) is 6.72. The van der Waals surface area contributed by atoms with E-state index in [1.54, 1.807) is 20.8 Å². The van der Waals surface area contributed by atoms with E-state index < -0.39 is 17.2 Å². The van der Waals surface area contributed by atoms with Crippen LogP contribution < -0.4 is 5.73 Å². The summed E-state index contributed by atoms with van der Waals surface area (Å²) in [6, 6.07) is 1.28. The zero-order valence-electron chi connectivity index (χ0n) is 9.00. The summed E-state index contributed by atoms with van der Waals surface area (Å²) in [6.07, 6.45) is 0.117. The van der Waals surface area contributed by atoms with E-state index in [9.17, 15) is 8.78 Å². The molecule has 0 unspecified atom stereocenters. The number of aryl methyl sites for hydroxylation is 1. The zero-order chi connectivity index (χ0) is 11.8. The molecule has 0 aromatic heterocycles. The van der Waals surface area contributed by atoms with Crippen molar-refractivity contribution in [3.63, 3.8) is 0 Å². The smallest absolute Gasteiger partial charge is 0.147 e. The molecular formula is C11H14ClF2N. The Kier molecular flexibility index (Phi) is 3.36. The first kappa shape index (κ1) is 12.4. The van der Waals surface area contributed by atoms with E-state index in [1.807, 2.05) is 0 Å². The molecule has 1 nitrogen and oxygen atoms in total. The van der Waals surface area contributed by atoms with Gasteiger partial charge in [0.1, 0.15) is 11.6 Å². The average molecular weight is 234 g/mol. The molecule has 0 aliphatic heterocycles. The van der Waals surface area contributed by atoms with Gasteiger partial charge in [0.15, 0.2) is 0 Å². The lowest BCUT2D eigenvalue weighted by molar-refractivity contribution is 0.471. The molecule has 0 atom stereocenters. The van der Waals surface area contributed by atoms with Crippen LogP contribution in [0.5, 0.6) is 0 Å². The molecular weight excluding hydrogens is 220 g/mol. The number of halogens is 3. The van der Waals surface area contributed by atoms with Crippen LogP contribution in [0.1, 0.15) is 25.0 Å². The summed E-state index contributed by atoms with van der Waals surface area (Å²) < 4.78 is 27.2. The molecule has 0 radical (unpaired) electrons. The monoisotopic (exact) mass is 233 g/mol. The zero-order valence-corrected chi connectivity index (χ0v) is 9.75. The Bertz CT molecular complexity index is 357. The molecule has 2 N–H and O–H groups in total. The van der Waals surface area contributed by atoms with Gasteiger partial charge in [-0.15, -0.1) is 0 Å². The Morgan fingerprint density at radius 3 is 2.33 bits per heavy atom. The molecule has 0 saturated heterocycles. The minimum absolute atomic E-state index is 0.0347. The Hall–Kier alpha value is -0.670. The van der Waals surface area contributed by atoms with Gasteiger partial charge in [0, 0.05) is 11.1 Å². The molecule has 0 amide bonds. The Morgan fingerprint density at radius 2 is 1.87 bits per heavy atom. The molecule has 0 aliphatic carbocycles. The van der Waals surface area contributed by atoms with Crippen molar-refractivity contribution in [1.82, 2.24) is 0 Å². The van der Waals surface area contributed by atoms with E-state index in [4.69, 9.17) is 17.3 Å². The van der Waals surface area contributed by atoms with E-state index in [1.165, 1.54) is 6.07 Å². The van der Waals surface area contributed by atoms with Crippen LogP contribution in [0.4, 0.5) is 8.78 Å². The topological polar surface area (TPSA) is 26.0 Å². The van der Waals surface area contributed by atoms with Gasteiger partial charge in [-0.3, -0.25) is 0 Å². The summed E-state index contributed by atoms with van der Waals surface area (Å²) in [6.45, 7) is 4.97. The first-order valence-electron chi connectivity index (χ1n) is 4.64. The summed E-state index contributed by atoms with van der Waals surface area (Å²) in [4.78, 5) is 0. The van der Waals surface area contributed by atoms with Gasteiger partial charge < -0.3 is 5.73 Å². The maximum atomic E-state index is 13.6. The van der Waals surface area contributed by atoms with Crippen molar-refractivity contribution in [2.24, 2.45) is 5.73 Å². The summed E-state index contributed by atoms with van der Waals surface area (Å²) in [5.74, 6) is -1.27. The van der Waals surface area contributed by atoms with Crippen LogP contribution in [0.15, 0.2) is 6.07 Å². The molecule has 1 rings (SSSR count). The second kappa shape index (κ2) is 4.06. The molecule has 1 aromatic carbocycles. The molecule has 0 spiro atoms. The highest BCUT2D eigenvalue weighted by atomic mass is 35.5. The minimum atomic E-state index is -0.710. The lowest BCUT2D eigenvalue weighted by Gasteiger charge is -2.20. The average Bonchev–Trinajstić information content (AvgIpc) is 2.08. The van der Waals surface area contributed by atoms with Crippen LogP contribution in [0.2, 0.25) is 5.02 Å². The summed E-state index contributed by atoms with van der Waals surface area (Å²) >= 11 is 5.64. The quantitative estimate of drug-likeness (QED) is 0.780. The fourth-order valence-corrected chi connectivity index (χ4v) is 1.68. The van der Waals surface area contributed by atoms with Crippen molar-refractivity contribution in [3.05, 3.63) is 33.9 Å². The van der Waals surface area contributed by atoms with E-state index in [0.717, 1.165) is 0 Å². The van der Waals surface area contributed by atoms with Crippen LogP contribution in [0.3, 0.4) is 0 Å². The standard InChI is InChI=1S/C11H14ClF2N/c1-6-4-8(12)10(14)7(9(6)13)5-11(2,3)15/h4H,5,15H2,1-3H3. The van der Waals surface area contributed by atoms with Gasteiger partial charge in [0.25, 0.3) is 0 Å². The molecule has 0 heterocycles. The lowest BCUT2D eigenvalue weighted by Crippen LogP contribution is -2.35. The number of nitrogens with two attached hydrogens (primary N) is 1. The summed E-state index contributed by atoms with van der Waals surface area (Å²) in [7, 11) is 0. The van der Waals surface area contributed by atoms with Crippen LogP contribution >= 0.6 is 11.6 Å². The van der Waals surface area contributed by atoms with Crippen LogP contribution in [0.25, 0.3) is 0 Å². The van der Waals surface area contributed by atoms with Gasteiger partial charge in [0.05, 0.1) is 5.02 Å².